The van der Waals surface area contributed by atoms with Gasteiger partial charge in [0.1, 0.15) is 24.0 Å². The summed E-state index contributed by atoms with van der Waals surface area (Å²) in [5.74, 6) is 0.713. The second kappa shape index (κ2) is 10.4. The van der Waals surface area contributed by atoms with Gasteiger partial charge in [0, 0.05) is 7.11 Å². The molecule has 0 saturated heterocycles. The fourth-order valence-corrected chi connectivity index (χ4v) is 1.67. The second-order valence-corrected chi connectivity index (χ2v) is 5.40. The molecular weight excluding hydrogens is 294 g/mol. The standard InChI is InChI=1S/C18H23NO4/c1-14(2)8-9-22-17-6-4-15(5-7-17)12-16(13-19)18(20)23-11-10-21-3/h4-7,12,14H,8-11H2,1-3H3. The highest BCUT2D eigenvalue weighted by molar-refractivity contribution is 5.97. The molecule has 0 bridgehead atoms. The van der Waals surface area contributed by atoms with Crippen molar-refractivity contribution in [2.45, 2.75) is 20.3 Å². The molecule has 0 spiro atoms. The Morgan fingerprint density at radius 3 is 2.48 bits per heavy atom. The summed E-state index contributed by atoms with van der Waals surface area (Å²) < 4.78 is 15.3. The summed E-state index contributed by atoms with van der Waals surface area (Å²) in [6, 6.07) is 9.08. The van der Waals surface area contributed by atoms with E-state index in [-0.39, 0.29) is 12.2 Å². The van der Waals surface area contributed by atoms with Crippen molar-refractivity contribution in [3.05, 3.63) is 35.4 Å². The normalized spacial score (nSPS) is 11.2. The highest BCUT2D eigenvalue weighted by atomic mass is 16.6. The van der Waals surface area contributed by atoms with E-state index < -0.39 is 5.97 Å². The number of ether oxygens (including phenoxy) is 3. The lowest BCUT2D eigenvalue weighted by molar-refractivity contribution is -0.139. The van der Waals surface area contributed by atoms with Gasteiger partial charge in [0.15, 0.2) is 0 Å². The van der Waals surface area contributed by atoms with Crippen molar-refractivity contribution in [3.8, 4) is 11.8 Å². The van der Waals surface area contributed by atoms with Crippen molar-refractivity contribution < 1.29 is 19.0 Å². The Hall–Kier alpha value is -2.32. The molecule has 0 saturated carbocycles. The van der Waals surface area contributed by atoms with Gasteiger partial charge in [-0.3, -0.25) is 0 Å². The van der Waals surface area contributed by atoms with Gasteiger partial charge in [0.05, 0.1) is 13.2 Å². The van der Waals surface area contributed by atoms with E-state index in [0.717, 1.165) is 17.7 Å². The lowest BCUT2D eigenvalue weighted by atomic mass is 10.1. The molecule has 0 aliphatic heterocycles. The van der Waals surface area contributed by atoms with Crippen LogP contribution in [0.15, 0.2) is 29.8 Å². The number of nitriles is 1. The molecule has 0 aliphatic carbocycles. The molecule has 0 amide bonds. The molecule has 0 atom stereocenters. The maximum atomic E-state index is 11.7. The molecule has 0 radical (unpaired) electrons. The number of methoxy groups -OCH3 is 1. The van der Waals surface area contributed by atoms with Gasteiger partial charge in [0.2, 0.25) is 0 Å². The fraction of sp³-hybridized carbons (Fsp3) is 0.444. The van der Waals surface area contributed by atoms with Crippen LogP contribution in [0.2, 0.25) is 0 Å². The predicted molar refractivity (Wildman–Crippen MR) is 87.8 cm³/mol. The average Bonchev–Trinajstić information content (AvgIpc) is 2.53. The third-order valence-electron chi connectivity index (χ3n) is 3.02. The van der Waals surface area contributed by atoms with Gasteiger partial charge in [-0.05, 0) is 36.1 Å². The first kappa shape index (κ1) is 18.7. The molecule has 23 heavy (non-hydrogen) atoms. The van der Waals surface area contributed by atoms with Crippen molar-refractivity contribution in [3.63, 3.8) is 0 Å². The van der Waals surface area contributed by atoms with E-state index in [2.05, 4.69) is 13.8 Å². The van der Waals surface area contributed by atoms with E-state index in [9.17, 15) is 4.79 Å². The van der Waals surface area contributed by atoms with Crippen LogP contribution >= 0.6 is 0 Å². The van der Waals surface area contributed by atoms with Crippen LogP contribution in [0.5, 0.6) is 5.75 Å². The van der Waals surface area contributed by atoms with Crippen LogP contribution in [0.25, 0.3) is 6.08 Å². The number of carbonyl (C=O) groups is 1. The first-order chi connectivity index (χ1) is 11.1. The largest absolute Gasteiger partial charge is 0.494 e. The van der Waals surface area contributed by atoms with Crippen LogP contribution in [0.3, 0.4) is 0 Å². The van der Waals surface area contributed by atoms with Crippen LogP contribution in [-0.4, -0.2) is 32.9 Å². The molecule has 0 N–H and O–H groups in total. The minimum atomic E-state index is -0.651. The van der Waals surface area contributed by atoms with Gasteiger partial charge < -0.3 is 14.2 Å². The third-order valence-corrected chi connectivity index (χ3v) is 3.02. The smallest absolute Gasteiger partial charge is 0.348 e. The zero-order valence-corrected chi connectivity index (χ0v) is 13.9. The Morgan fingerprint density at radius 1 is 1.22 bits per heavy atom. The molecular formula is C18H23NO4. The highest BCUT2D eigenvalue weighted by Crippen LogP contribution is 2.16. The van der Waals surface area contributed by atoms with Crippen LogP contribution in [0.4, 0.5) is 0 Å². The Morgan fingerprint density at radius 2 is 1.91 bits per heavy atom. The Balaban J connectivity index is 2.63. The number of esters is 1. The van der Waals surface area contributed by atoms with E-state index in [1.807, 2.05) is 18.2 Å². The van der Waals surface area contributed by atoms with Gasteiger partial charge in [0.25, 0.3) is 0 Å². The zero-order chi connectivity index (χ0) is 17.1. The summed E-state index contributed by atoms with van der Waals surface area (Å²) >= 11 is 0. The third kappa shape index (κ3) is 7.48. The summed E-state index contributed by atoms with van der Waals surface area (Å²) in [7, 11) is 1.51. The quantitative estimate of drug-likeness (QED) is 0.303. The van der Waals surface area contributed by atoms with Crippen LogP contribution in [-0.2, 0) is 14.3 Å². The van der Waals surface area contributed by atoms with Gasteiger partial charge in [-0.1, -0.05) is 26.0 Å². The number of carbonyl (C=O) groups excluding carboxylic acids is 1. The molecule has 0 aromatic heterocycles. The fourth-order valence-electron chi connectivity index (χ4n) is 1.67. The zero-order valence-electron chi connectivity index (χ0n) is 13.9. The Labute approximate surface area is 137 Å². The van der Waals surface area contributed by atoms with Gasteiger partial charge in [-0.25, -0.2) is 4.79 Å². The molecule has 124 valence electrons. The summed E-state index contributed by atoms with van der Waals surface area (Å²) in [6.45, 7) is 5.38. The number of hydrogen-bond acceptors (Lipinski definition) is 5. The summed E-state index contributed by atoms with van der Waals surface area (Å²) in [5, 5.41) is 9.06. The monoisotopic (exact) mass is 317 g/mol. The predicted octanol–water partition coefficient (Wildman–Crippen LogP) is 3.21. The maximum absolute atomic E-state index is 11.7. The molecule has 1 aromatic rings. The molecule has 1 aromatic carbocycles. The van der Waals surface area contributed by atoms with Crippen molar-refractivity contribution in [2.75, 3.05) is 26.9 Å². The van der Waals surface area contributed by atoms with Crippen molar-refractivity contribution in [2.24, 2.45) is 5.92 Å². The number of benzene rings is 1. The van der Waals surface area contributed by atoms with E-state index >= 15 is 0 Å². The summed E-state index contributed by atoms with van der Waals surface area (Å²) in [6.07, 6.45) is 2.49. The first-order valence-electron chi connectivity index (χ1n) is 7.57. The second-order valence-electron chi connectivity index (χ2n) is 5.40. The van der Waals surface area contributed by atoms with Crippen LogP contribution in [0, 0.1) is 17.2 Å². The average molecular weight is 317 g/mol. The highest BCUT2D eigenvalue weighted by Gasteiger charge is 2.10. The van der Waals surface area contributed by atoms with Gasteiger partial charge in [-0.15, -0.1) is 0 Å². The number of rotatable bonds is 9. The van der Waals surface area contributed by atoms with Gasteiger partial charge >= 0.3 is 5.97 Å². The molecule has 5 nitrogen and oxygen atoms in total. The first-order valence-corrected chi connectivity index (χ1v) is 7.57. The summed E-state index contributed by atoms with van der Waals surface area (Å²) in [4.78, 5) is 11.7. The number of hydrogen-bond donors (Lipinski definition) is 0. The SMILES string of the molecule is COCCOC(=O)C(C#N)=Cc1ccc(OCCC(C)C)cc1. The molecule has 0 heterocycles. The molecule has 0 fully saturated rings. The summed E-state index contributed by atoms with van der Waals surface area (Å²) in [5.41, 5.74) is 0.691. The van der Waals surface area contributed by atoms with Crippen molar-refractivity contribution in [1.29, 1.82) is 5.26 Å². The lowest BCUT2D eigenvalue weighted by Gasteiger charge is -2.08. The molecule has 0 aliphatic rings. The van der Waals surface area contributed by atoms with E-state index in [1.54, 1.807) is 12.1 Å². The Bertz CT molecular complexity index is 555. The molecule has 5 heteroatoms. The van der Waals surface area contributed by atoms with Crippen LogP contribution in [0.1, 0.15) is 25.8 Å². The minimum Gasteiger partial charge on any atom is -0.494 e. The van der Waals surface area contributed by atoms with E-state index in [1.165, 1.54) is 13.2 Å². The van der Waals surface area contributed by atoms with E-state index in [0.29, 0.717) is 19.1 Å². The van der Waals surface area contributed by atoms with Crippen molar-refractivity contribution in [1.82, 2.24) is 0 Å². The molecule has 1 rings (SSSR count). The minimum absolute atomic E-state index is 0.0467. The molecule has 0 unspecified atom stereocenters. The van der Waals surface area contributed by atoms with E-state index in [4.69, 9.17) is 19.5 Å². The van der Waals surface area contributed by atoms with Gasteiger partial charge in [-0.2, -0.15) is 5.26 Å². The van der Waals surface area contributed by atoms with Crippen LogP contribution < -0.4 is 4.74 Å². The lowest BCUT2D eigenvalue weighted by Crippen LogP contribution is -2.11. The maximum Gasteiger partial charge on any atom is 0.348 e. The Kier molecular flexibility index (Phi) is 8.48. The topological polar surface area (TPSA) is 68.5 Å². The van der Waals surface area contributed by atoms with Crippen molar-refractivity contribution >= 4 is 12.0 Å². The number of nitrogens with zero attached hydrogens (tertiary/aromatic N) is 1.